The summed E-state index contributed by atoms with van der Waals surface area (Å²) in [5.41, 5.74) is 5.47. The molecule has 1 aromatic rings. The number of benzene rings is 1. The van der Waals surface area contributed by atoms with Gasteiger partial charge >= 0.3 is 0 Å². The predicted molar refractivity (Wildman–Crippen MR) is 64.5 cm³/mol. The summed E-state index contributed by atoms with van der Waals surface area (Å²) in [6, 6.07) is 4.53. The Morgan fingerprint density at radius 1 is 0.929 bits per heavy atom. The van der Waals surface area contributed by atoms with Crippen molar-refractivity contribution in [1.29, 1.82) is 0 Å². The first-order valence-corrected chi connectivity index (χ1v) is 5.26. The van der Waals surface area contributed by atoms with Crippen LogP contribution >= 0.6 is 0 Å². The van der Waals surface area contributed by atoms with Crippen LogP contribution < -0.4 is 0 Å². The molecule has 0 aliphatic heterocycles. The van der Waals surface area contributed by atoms with Crippen LogP contribution in [-0.2, 0) is 0 Å². The highest BCUT2D eigenvalue weighted by molar-refractivity contribution is 5.56. The van der Waals surface area contributed by atoms with E-state index < -0.39 is 0 Å². The Morgan fingerprint density at radius 2 is 1.50 bits per heavy atom. The molecule has 1 aromatic carbocycles. The second kappa shape index (κ2) is 4.45. The molecule has 0 heterocycles. The van der Waals surface area contributed by atoms with Crippen LogP contribution in [-0.4, -0.2) is 0 Å². The first kappa shape index (κ1) is 11.0. The number of allylic oxidation sites excluding steroid dienone is 1. The minimum Gasteiger partial charge on any atom is -0.0814 e. The minimum atomic E-state index is 0.621. The van der Waals surface area contributed by atoms with E-state index in [4.69, 9.17) is 0 Å². The van der Waals surface area contributed by atoms with E-state index in [1.165, 1.54) is 22.3 Å². The van der Waals surface area contributed by atoms with Gasteiger partial charge in [0.25, 0.3) is 0 Å². The molecular formula is C14H20. The summed E-state index contributed by atoms with van der Waals surface area (Å²) in [6.07, 6.45) is 4.48. The smallest absolute Gasteiger partial charge is 0.0228 e. The predicted octanol–water partition coefficient (Wildman–Crippen LogP) is 4.28. The van der Waals surface area contributed by atoms with E-state index in [0.29, 0.717) is 5.92 Å². The van der Waals surface area contributed by atoms with Gasteiger partial charge in [-0.15, -0.1) is 0 Å². The van der Waals surface area contributed by atoms with E-state index in [1.807, 2.05) is 0 Å². The van der Waals surface area contributed by atoms with Gasteiger partial charge in [0.05, 0.1) is 0 Å². The van der Waals surface area contributed by atoms with E-state index in [1.54, 1.807) is 0 Å². The van der Waals surface area contributed by atoms with Crippen LogP contribution in [0.1, 0.15) is 36.1 Å². The molecule has 0 atom stereocenters. The fourth-order valence-electron chi connectivity index (χ4n) is 1.46. The van der Waals surface area contributed by atoms with Crippen LogP contribution in [0.2, 0.25) is 0 Å². The molecule has 0 fully saturated rings. The van der Waals surface area contributed by atoms with Gasteiger partial charge in [-0.1, -0.05) is 38.1 Å². The molecule has 1 rings (SSSR count). The topological polar surface area (TPSA) is 0 Å². The lowest BCUT2D eigenvalue weighted by molar-refractivity contribution is 0.836. The van der Waals surface area contributed by atoms with E-state index in [2.05, 4.69) is 58.9 Å². The summed E-state index contributed by atoms with van der Waals surface area (Å²) >= 11 is 0. The van der Waals surface area contributed by atoms with Crippen molar-refractivity contribution in [3.8, 4) is 0 Å². The van der Waals surface area contributed by atoms with Gasteiger partial charge < -0.3 is 0 Å². The van der Waals surface area contributed by atoms with Crippen molar-refractivity contribution in [2.45, 2.75) is 34.6 Å². The van der Waals surface area contributed by atoms with Gasteiger partial charge in [-0.05, 0) is 48.9 Å². The van der Waals surface area contributed by atoms with Crippen molar-refractivity contribution in [3.05, 3.63) is 40.5 Å². The normalized spacial score (nSPS) is 11.6. The quantitative estimate of drug-likeness (QED) is 0.649. The SMILES string of the molecule is Cc1cc(C)c(/C=C\C(C)C)cc1C. The van der Waals surface area contributed by atoms with Crippen LogP contribution in [0.4, 0.5) is 0 Å². The summed E-state index contributed by atoms with van der Waals surface area (Å²) in [5.74, 6) is 0.621. The lowest BCUT2D eigenvalue weighted by atomic mass is 10.00. The second-order valence-electron chi connectivity index (χ2n) is 4.40. The van der Waals surface area contributed by atoms with Gasteiger partial charge in [-0.25, -0.2) is 0 Å². The zero-order valence-electron chi connectivity index (χ0n) is 9.89. The maximum atomic E-state index is 2.27. The fourth-order valence-corrected chi connectivity index (χ4v) is 1.46. The highest BCUT2D eigenvalue weighted by atomic mass is 14.0. The van der Waals surface area contributed by atoms with Gasteiger partial charge in [-0.3, -0.25) is 0 Å². The van der Waals surface area contributed by atoms with Gasteiger partial charge in [0, 0.05) is 0 Å². The highest BCUT2D eigenvalue weighted by Gasteiger charge is 1.98. The van der Waals surface area contributed by atoms with Gasteiger partial charge in [0.1, 0.15) is 0 Å². The molecule has 0 nitrogen and oxygen atoms in total. The first-order chi connectivity index (χ1) is 6.50. The maximum Gasteiger partial charge on any atom is -0.0228 e. The number of hydrogen-bond acceptors (Lipinski definition) is 0. The van der Waals surface area contributed by atoms with Crippen LogP contribution in [0.15, 0.2) is 18.2 Å². The lowest BCUT2D eigenvalue weighted by Gasteiger charge is -2.06. The Balaban J connectivity index is 3.04. The van der Waals surface area contributed by atoms with Crippen molar-refractivity contribution in [2.75, 3.05) is 0 Å². The third-order valence-electron chi connectivity index (χ3n) is 2.54. The number of hydrogen-bond donors (Lipinski definition) is 0. The summed E-state index contributed by atoms with van der Waals surface area (Å²) in [7, 11) is 0. The molecule has 0 aromatic heterocycles. The molecule has 0 saturated heterocycles. The summed E-state index contributed by atoms with van der Waals surface area (Å²) in [6.45, 7) is 10.9. The monoisotopic (exact) mass is 188 g/mol. The molecular weight excluding hydrogens is 168 g/mol. The lowest BCUT2D eigenvalue weighted by Crippen LogP contribution is -1.88. The molecule has 0 aliphatic rings. The molecule has 0 N–H and O–H groups in total. The van der Waals surface area contributed by atoms with Crippen molar-refractivity contribution in [2.24, 2.45) is 5.92 Å². The van der Waals surface area contributed by atoms with Crippen molar-refractivity contribution >= 4 is 6.08 Å². The van der Waals surface area contributed by atoms with E-state index in [-0.39, 0.29) is 0 Å². The average molecular weight is 188 g/mol. The minimum absolute atomic E-state index is 0.621. The Morgan fingerprint density at radius 3 is 2.07 bits per heavy atom. The van der Waals surface area contributed by atoms with Gasteiger partial charge in [-0.2, -0.15) is 0 Å². The maximum absolute atomic E-state index is 2.27. The summed E-state index contributed by atoms with van der Waals surface area (Å²) in [4.78, 5) is 0. The third-order valence-corrected chi connectivity index (χ3v) is 2.54. The molecule has 0 saturated carbocycles. The standard InChI is InChI=1S/C14H20/c1-10(2)6-7-14-9-12(4)11(3)8-13(14)5/h6-10H,1-5H3/b7-6-. The molecule has 0 spiro atoms. The Bertz CT molecular complexity index is 343. The van der Waals surface area contributed by atoms with Crippen LogP contribution in [0.5, 0.6) is 0 Å². The van der Waals surface area contributed by atoms with Crippen molar-refractivity contribution in [1.82, 2.24) is 0 Å². The Kier molecular flexibility index (Phi) is 3.51. The zero-order valence-corrected chi connectivity index (χ0v) is 9.89. The molecule has 0 bridgehead atoms. The van der Waals surface area contributed by atoms with Crippen molar-refractivity contribution in [3.63, 3.8) is 0 Å². The molecule has 0 radical (unpaired) electrons. The van der Waals surface area contributed by atoms with Crippen LogP contribution in [0, 0.1) is 26.7 Å². The summed E-state index contributed by atoms with van der Waals surface area (Å²) < 4.78 is 0. The molecule has 14 heavy (non-hydrogen) atoms. The van der Waals surface area contributed by atoms with Crippen LogP contribution in [0.25, 0.3) is 6.08 Å². The van der Waals surface area contributed by atoms with E-state index in [0.717, 1.165) is 0 Å². The molecule has 0 amide bonds. The Hall–Kier alpha value is -1.04. The Labute approximate surface area is 87.7 Å². The molecule has 0 heteroatoms. The highest BCUT2D eigenvalue weighted by Crippen LogP contribution is 2.17. The van der Waals surface area contributed by atoms with Crippen molar-refractivity contribution < 1.29 is 0 Å². The largest absolute Gasteiger partial charge is 0.0814 e. The molecule has 76 valence electrons. The fraction of sp³-hybridized carbons (Fsp3) is 0.429. The second-order valence-corrected chi connectivity index (χ2v) is 4.40. The number of rotatable bonds is 2. The summed E-state index contributed by atoms with van der Waals surface area (Å²) in [5, 5.41) is 0. The number of aryl methyl sites for hydroxylation is 3. The van der Waals surface area contributed by atoms with Gasteiger partial charge in [0.15, 0.2) is 0 Å². The van der Waals surface area contributed by atoms with Gasteiger partial charge in [0.2, 0.25) is 0 Å². The third kappa shape index (κ3) is 2.73. The van der Waals surface area contributed by atoms with E-state index >= 15 is 0 Å². The molecule has 0 unspecified atom stereocenters. The van der Waals surface area contributed by atoms with Crippen LogP contribution in [0.3, 0.4) is 0 Å². The molecule has 0 aliphatic carbocycles. The van der Waals surface area contributed by atoms with E-state index in [9.17, 15) is 0 Å². The first-order valence-electron chi connectivity index (χ1n) is 5.26. The zero-order chi connectivity index (χ0) is 10.7. The average Bonchev–Trinajstić information content (AvgIpc) is 2.09.